The fourth-order valence-corrected chi connectivity index (χ4v) is 4.77. The Balaban J connectivity index is 1.58. The van der Waals surface area contributed by atoms with Crippen LogP contribution in [-0.4, -0.2) is 49.8 Å². The first-order valence-electron chi connectivity index (χ1n) is 10.0. The van der Waals surface area contributed by atoms with Crippen LogP contribution in [0.1, 0.15) is 34.4 Å². The number of carbonyl (C=O) groups is 2. The van der Waals surface area contributed by atoms with E-state index in [1.54, 1.807) is 18.2 Å². The molecule has 8 nitrogen and oxygen atoms in total. The molecule has 3 rings (SSSR count). The van der Waals surface area contributed by atoms with Crippen molar-refractivity contribution in [2.45, 2.75) is 38.2 Å². The molecule has 1 aromatic heterocycles. The summed E-state index contributed by atoms with van der Waals surface area (Å²) in [7, 11) is 1.53. The molecule has 1 aromatic carbocycles. The maximum atomic E-state index is 12.4. The average Bonchev–Trinajstić information content (AvgIpc) is 3.08. The number of nitrogens with one attached hydrogen (secondary N) is 2. The molecular weight excluding hydrogens is 420 g/mol. The molecule has 31 heavy (non-hydrogen) atoms. The van der Waals surface area contributed by atoms with E-state index in [0.29, 0.717) is 42.9 Å². The van der Waals surface area contributed by atoms with Crippen LogP contribution in [0.5, 0.6) is 5.75 Å². The highest BCUT2D eigenvalue weighted by atomic mass is 32.1. The zero-order chi connectivity index (χ0) is 22.2. The Labute approximate surface area is 184 Å². The van der Waals surface area contributed by atoms with Crippen molar-refractivity contribution in [1.82, 2.24) is 0 Å². The lowest BCUT2D eigenvalue weighted by Crippen LogP contribution is -2.26. The van der Waals surface area contributed by atoms with Gasteiger partial charge in [-0.15, -0.1) is 11.3 Å². The molecule has 1 amide bonds. The highest BCUT2D eigenvalue weighted by Gasteiger charge is 2.28. The molecule has 0 radical (unpaired) electrons. The molecule has 1 heterocycles. The summed E-state index contributed by atoms with van der Waals surface area (Å²) in [5.41, 5.74) is 2.62. The normalized spacial score (nSPS) is 15.1. The number of ether oxygens (including phenoxy) is 3. The van der Waals surface area contributed by atoms with Gasteiger partial charge in [-0.25, -0.2) is 4.79 Å². The van der Waals surface area contributed by atoms with Gasteiger partial charge < -0.3 is 30.0 Å². The first-order chi connectivity index (χ1) is 15.0. The van der Waals surface area contributed by atoms with Crippen molar-refractivity contribution in [3.63, 3.8) is 0 Å². The van der Waals surface area contributed by atoms with Crippen LogP contribution in [0.3, 0.4) is 0 Å². The highest BCUT2D eigenvalue weighted by Crippen LogP contribution is 2.38. The standard InChI is InChI=1S/C22H26N2O6S/c1-28-9-10-29-22(27)30-16-6-7-17-18(13-23)21(31-19(17)12-16)24-20(26)8-5-14-3-2-4-15(25)11-14/h2-4,11,13,16,23,25H,5-10,12H2,1H3,(H,24,26). The monoisotopic (exact) mass is 446 g/mol. The first kappa shape index (κ1) is 22.8. The van der Waals surface area contributed by atoms with E-state index in [2.05, 4.69) is 5.32 Å². The smallest absolute Gasteiger partial charge is 0.508 e. The highest BCUT2D eigenvalue weighted by molar-refractivity contribution is 7.16. The Morgan fingerprint density at radius 1 is 1.35 bits per heavy atom. The van der Waals surface area contributed by atoms with Gasteiger partial charge in [0.05, 0.1) is 6.61 Å². The van der Waals surface area contributed by atoms with E-state index in [1.807, 2.05) is 6.07 Å². The number of amides is 1. The number of phenolic OH excluding ortho intramolecular Hbond substituents is 1. The number of aromatic hydroxyl groups is 1. The second-order valence-electron chi connectivity index (χ2n) is 7.18. The van der Waals surface area contributed by atoms with Crippen LogP contribution >= 0.6 is 11.3 Å². The summed E-state index contributed by atoms with van der Waals surface area (Å²) in [5, 5.41) is 20.9. The lowest BCUT2D eigenvalue weighted by molar-refractivity contribution is -0.116. The summed E-state index contributed by atoms with van der Waals surface area (Å²) < 4.78 is 15.2. The number of phenols is 1. The molecule has 0 spiro atoms. The van der Waals surface area contributed by atoms with Crippen LogP contribution in [0.2, 0.25) is 0 Å². The molecule has 1 atom stereocenters. The maximum absolute atomic E-state index is 12.4. The number of methoxy groups -OCH3 is 1. The van der Waals surface area contributed by atoms with Crippen molar-refractivity contribution >= 4 is 34.6 Å². The van der Waals surface area contributed by atoms with Crippen molar-refractivity contribution in [2.24, 2.45) is 0 Å². The molecule has 2 aromatic rings. The quantitative estimate of drug-likeness (QED) is 0.307. The second kappa shape index (κ2) is 10.9. The van der Waals surface area contributed by atoms with Crippen LogP contribution in [0.25, 0.3) is 0 Å². The average molecular weight is 447 g/mol. The van der Waals surface area contributed by atoms with Crippen LogP contribution in [0.4, 0.5) is 9.80 Å². The van der Waals surface area contributed by atoms with E-state index < -0.39 is 6.16 Å². The third kappa shape index (κ3) is 6.28. The number of anilines is 1. The summed E-state index contributed by atoms with van der Waals surface area (Å²) in [4.78, 5) is 25.2. The minimum Gasteiger partial charge on any atom is -0.508 e. The number of fused-ring (bicyclic) bond motifs is 1. The van der Waals surface area contributed by atoms with E-state index in [9.17, 15) is 14.7 Å². The molecule has 0 aliphatic heterocycles. The minimum absolute atomic E-state index is 0.142. The third-order valence-corrected chi connectivity index (χ3v) is 6.17. The zero-order valence-corrected chi connectivity index (χ0v) is 18.1. The molecule has 0 saturated carbocycles. The van der Waals surface area contributed by atoms with Gasteiger partial charge in [0.15, 0.2) is 0 Å². The molecule has 0 bridgehead atoms. The van der Waals surface area contributed by atoms with Crippen molar-refractivity contribution in [3.05, 3.63) is 45.8 Å². The Morgan fingerprint density at radius 2 is 2.19 bits per heavy atom. The SMILES string of the molecule is COCCOC(=O)OC1CCc2c(sc(NC(=O)CCc3cccc(O)c3)c2C=N)C1. The van der Waals surface area contributed by atoms with Crippen molar-refractivity contribution in [1.29, 1.82) is 5.41 Å². The van der Waals surface area contributed by atoms with Crippen LogP contribution < -0.4 is 5.32 Å². The van der Waals surface area contributed by atoms with Crippen LogP contribution in [0, 0.1) is 5.41 Å². The fraction of sp³-hybridized carbons (Fsp3) is 0.409. The number of thiophene rings is 1. The second-order valence-corrected chi connectivity index (χ2v) is 8.29. The number of carbonyl (C=O) groups excluding carboxylic acids is 2. The number of benzene rings is 1. The summed E-state index contributed by atoms with van der Waals surface area (Å²) in [6.45, 7) is 0.453. The summed E-state index contributed by atoms with van der Waals surface area (Å²) >= 11 is 1.42. The van der Waals surface area contributed by atoms with Gasteiger partial charge in [-0.2, -0.15) is 0 Å². The van der Waals surface area contributed by atoms with Gasteiger partial charge in [-0.3, -0.25) is 4.79 Å². The van der Waals surface area contributed by atoms with Gasteiger partial charge in [0.2, 0.25) is 5.91 Å². The van der Waals surface area contributed by atoms with Crippen molar-refractivity contribution in [2.75, 3.05) is 25.6 Å². The summed E-state index contributed by atoms with van der Waals surface area (Å²) in [6.07, 6.45) is 2.85. The number of aryl methyl sites for hydroxylation is 1. The molecule has 1 aliphatic carbocycles. The number of hydrogen-bond donors (Lipinski definition) is 3. The molecular formula is C22H26N2O6S. The molecule has 0 fully saturated rings. The Hall–Kier alpha value is -2.91. The van der Waals surface area contributed by atoms with Crippen molar-refractivity contribution < 1.29 is 28.9 Å². The molecule has 1 unspecified atom stereocenters. The van der Waals surface area contributed by atoms with Crippen LogP contribution in [-0.2, 0) is 38.3 Å². The molecule has 1 aliphatic rings. The van der Waals surface area contributed by atoms with E-state index in [-0.39, 0.29) is 30.8 Å². The fourth-order valence-electron chi connectivity index (χ4n) is 3.46. The van der Waals surface area contributed by atoms with Gasteiger partial charge in [0, 0.05) is 36.6 Å². The van der Waals surface area contributed by atoms with E-state index in [1.165, 1.54) is 24.7 Å². The van der Waals surface area contributed by atoms with Gasteiger partial charge in [0.25, 0.3) is 0 Å². The molecule has 166 valence electrons. The van der Waals surface area contributed by atoms with Gasteiger partial charge in [-0.1, -0.05) is 12.1 Å². The third-order valence-electron chi connectivity index (χ3n) is 4.98. The Kier molecular flexibility index (Phi) is 8.02. The van der Waals surface area contributed by atoms with E-state index >= 15 is 0 Å². The molecule has 0 saturated heterocycles. The maximum Gasteiger partial charge on any atom is 0.508 e. The lowest BCUT2D eigenvalue weighted by Gasteiger charge is -2.22. The van der Waals surface area contributed by atoms with E-state index in [0.717, 1.165) is 16.0 Å². The largest absolute Gasteiger partial charge is 0.508 e. The Morgan fingerprint density at radius 3 is 2.94 bits per heavy atom. The van der Waals surface area contributed by atoms with Gasteiger partial charge >= 0.3 is 6.16 Å². The molecule has 9 heteroatoms. The minimum atomic E-state index is -0.713. The Bertz CT molecular complexity index is 942. The number of rotatable bonds is 9. The predicted octanol–water partition coefficient (Wildman–Crippen LogP) is 3.68. The first-order valence-corrected chi connectivity index (χ1v) is 10.9. The molecule has 3 N–H and O–H groups in total. The summed E-state index contributed by atoms with van der Waals surface area (Å²) in [6, 6.07) is 6.84. The van der Waals surface area contributed by atoms with Crippen molar-refractivity contribution in [3.8, 4) is 5.75 Å². The lowest BCUT2D eigenvalue weighted by atomic mass is 9.93. The summed E-state index contributed by atoms with van der Waals surface area (Å²) in [5.74, 6) is 0.0221. The van der Waals surface area contributed by atoms with Gasteiger partial charge in [-0.05, 0) is 42.5 Å². The van der Waals surface area contributed by atoms with E-state index in [4.69, 9.17) is 19.6 Å². The van der Waals surface area contributed by atoms with Gasteiger partial charge in [0.1, 0.15) is 23.5 Å². The predicted molar refractivity (Wildman–Crippen MR) is 117 cm³/mol. The number of hydrogen-bond acceptors (Lipinski definition) is 8. The zero-order valence-electron chi connectivity index (χ0n) is 17.3. The van der Waals surface area contributed by atoms with Crippen LogP contribution in [0.15, 0.2) is 24.3 Å². The topological polar surface area (TPSA) is 118 Å².